The van der Waals surface area contributed by atoms with Crippen LogP contribution in [0, 0.1) is 6.92 Å². The van der Waals surface area contributed by atoms with Gasteiger partial charge in [0.2, 0.25) is 5.91 Å². The van der Waals surface area contributed by atoms with E-state index in [0.29, 0.717) is 44.8 Å². The number of hydrogen-bond acceptors (Lipinski definition) is 3. The van der Waals surface area contributed by atoms with Gasteiger partial charge in [-0.05, 0) is 51.0 Å². The highest BCUT2D eigenvalue weighted by molar-refractivity contribution is 5.96. The Morgan fingerprint density at radius 3 is 2.32 bits per heavy atom. The van der Waals surface area contributed by atoms with Crippen LogP contribution in [0.1, 0.15) is 54.7 Å². The Balaban J connectivity index is 2.14. The molecule has 6 heteroatoms. The second-order valence-corrected chi connectivity index (χ2v) is 7.92. The highest BCUT2D eigenvalue weighted by Gasteiger charge is 2.22. The summed E-state index contributed by atoms with van der Waals surface area (Å²) in [6.07, 6.45) is 4.63. The van der Waals surface area contributed by atoms with Gasteiger partial charge in [0.1, 0.15) is 6.54 Å². The lowest BCUT2D eigenvalue weighted by molar-refractivity contribution is -0.132. The smallest absolute Gasteiger partial charge is 0.254 e. The van der Waals surface area contributed by atoms with Crippen LogP contribution >= 0.6 is 0 Å². The highest BCUT2D eigenvalue weighted by Crippen LogP contribution is 2.11. The van der Waals surface area contributed by atoms with Crippen LogP contribution in [0.3, 0.4) is 0 Å². The number of rotatable bonds is 13. The fraction of sp³-hybridized carbons (Fsp3) is 0.520. The minimum absolute atomic E-state index is 0.0217. The van der Waals surface area contributed by atoms with Gasteiger partial charge in [-0.25, -0.2) is 0 Å². The molecule has 0 radical (unpaired) electrons. The maximum atomic E-state index is 13.3. The lowest BCUT2D eigenvalue weighted by Crippen LogP contribution is -2.43. The molecule has 0 aliphatic carbocycles. The van der Waals surface area contributed by atoms with Crippen LogP contribution in [-0.4, -0.2) is 59.0 Å². The number of carbonyl (C=O) groups excluding carboxylic acids is 2. The second kappa shape index (κ2) is 13.0. The molecule has 170 valence electrons. The van der Waals surface area contributed by atoms with Gasteiger partial charge in [-0.2, -0.15) is 0 Å². The summed E-state index contributed by atoms with van der Waals surface area (Å²) in [5.74, 6) is -0.134. The van der Waals surface area contributed by atoms with Crippen LogP contribution in [0.4, 0.5) is 0 Å². The molecular formula is C25H37N3O3. The van der Waals surface area contributed by atoms with E-state index < -0.39 is 0 Å². The van der Waals surface area contributed by atoms with E-state index >= 15 is 0 Å². The second-order valence-electron chi connectivity index (χ2n) is 7.92. The van der Waals surface area contributed by atoms with Crippen molar-refractivity contribution >= 4 is 11.8 Å². The van der Waals surface area contributed by atoms with Crippen LogP contribution in [0.2, 0.25) is 0 Å². The van der Waals surface area contributed by atoms with Gasteiger partial charge >= 0.3 is 0 Å². The standard InChI is InChI=1S/C25H37N3O3/c1-5-7-16-27(19-23-10-8-15-26(23)4)24(29)20-28(17-9-18-31-6-2)25(30)22-13-11-21(3)12-14-22/h8,10-15H,5-7,9,16-20H2,1-4H3. The number of unbranched alkanes of at least 4 members (excludes halogenated alkanes) is 1. The van der Waals surface area contributed by atoms with E-state index in [2.05, 4.69) is 6.92 Å². The molecule has 1 heterocycles. The average molecular weight is 428 g/mol. The first-order valence-electron chi connectivity index (χ1n) is 11.3. The maximum absolute atomic E-state index is 13.3. The third kappa shape index (κ3) is 7.87. The first-order chi connectivity index (χ1) is 15.0. The summed E-state index contributed by atoms with van der Waals surface area (Å²) in [5, 5.41) is 0. The van der Waals surface area contributed by atoms with Crippen LogP contribution in [-0.2, 0) is 23.1 Å². The predicted octanol–water partition coefficient (Wildman–Crippen LogP) is 4.03. The van der Waals surface area contributed by atoms with Crippen molar-refractivity contribution < 1.29 is 14.3 Å². The first-order valence-corrected chi connectivity index (χ1v) is 11.3. The highest BCUT2D eigenvalue weighted by atomic mass is 16.5. The largest absolute Gasteiger partial charge is 0.382 e. The molecule has 0 atom stereocenters. The molecule has 0 saturated heterocycles. The molecule has 1 aromatic carbocycles. The molecule has 0 N–H and O–H groups in total. The van der Waals surface area contributed by atoms with Crippen molar-refractivity contribution in [2.45, 2.75) is 46.6 Å². The van der Waals surface area contributed by atoms with Crippen molar-refractivity contribution in [3.05, 3.63) is 59.4 Å². The summed E-state index contributed by atoms with van der Waals surface area (Å²) in [5.41, 5.74) is 2.79. The SMILES string of the molecule is CCCCN(Cc1cccn1C)C(=O)CN(CCCOCC)C(=O)c1ccc(C)cc1. The molecule has 0 bridgehead atoms. The minimum atomic E-state index is -0.112. The maximum Gasteiger partial charge on any atom is 0.254 e. The first kappa shape index (κ1) is 24.7. The van der Waals surface area contributed by atoms with Gasteiger partial charge in [0.05, 0.1) is 6.54 Å². The van der Waals surface area contributed by atoms with Crippen LogP contribution in [0.15, 0.2) is 42.6 Å². The van der Waals surface area contributed by atoms with Crippen molar-refractivity contribution in [3.63, 3.8) is 0 Å². The molecule has 31 heavy (non-hydrogen) atoms. The van der Waals surface area contributed by atoms with E-state index in [-0.39, 0.29) is 18.4 Å². The zero-order valence-corrected chi connectivity index (χ0v) is 19.5. The molecule has 0 spiro atoms. The Bertz CT molecular complexity index is 814. The molecule has 0 fully saturated rings. The van der Waals surface area contributed by atoms with Crippen molar-refractivity contribution in [1.29, 1.82) is 0 Å². The normalized spacial score (nSPS) is 10.8. The van der Waals surface area contributed by atoms with Gasteiger partial charge in [-0.1, -0.05) is 31.0 Å². The van der Waals surface area contributed by atoms with E-state index in [1.165, 1.54) is 0 Å². The Morgan fingerprint density at radius 1 is 1.00 bits per heavy atom. The van der Waals surface area contributed by atoms with Crippen molar-refractivity contribution in [3.8, 4) is 0 Å². The summed E-state index contributed by atoms with van der Waals surface area (Å²) < 4.78 is 7.47. The van der Waals surface area contributed by atoms with Crippen molar-refractivity contribution in [2.24, 2.45) is 7.05 Å². The zero-order chi connectivity index (χ0) is 22.6. The zero-order valence-electron chi connectivity index (χ0n) is 19.5. The third-order valence-electron chi connectivity index (χ3n) is 5.37. The van der Waals surface area contributed by atoms with E-state index in [1.807, 2.05) is 73.0 Å². The van der Waals surface area contributed by atoms with Crippen LogP contribution < -0.4 is 0 Å². The monoisotopic (exact) mass is 427 g/mol. The number of ether oxygens (including phenoxy) is 1. The number of amides is 2. The predicted molar refractivity (Wildman–Crippen MR) is 124 cm³/mol. The van der Waals surface area contributed by atoms with Gasteiger partial charge < -0.3 is 19.1 Å². The van der Waals surface area contributed by atoms with Gasteiger partial charge in [-0.15, -0.1) is 0 Å². The quantitative estimate of drug-likeness (QED) is 0.454. The number of hydrogen-bond donors (Lipinski definition) is 0. The lowest BCUT2D eigenvalue weighted by atomic mass is 10.1. The topological polar surface area (TPSA) is 54.8 Å². The molecule has 0 saturated carbocycles. The van der Waals surface area contributed by atoms with E-state index in [4.69, 9.17) is 4.74 Å². The van der Waals surface area contributed by atoms with Crippen LogP contribution in [0.5, 0.6) is 0 Å². The summed E-state index contributed by atoms with van der Waals surface area (Å²) in [7, 11) is 1.98. The molecule has 0 unspecified atom stereocenters. The average Bonchev–Trinajstić information content (AvgIpc) is 3.17. The van der Waals surface area contributed by atoms with E-state index in [1.54, 1.807) is 4.90 Å². The molecule has 2 aromatic rings. The molecule has 1 aromatic heterocycles. The van der Waals surface area contributed by atoms with E-state index in [9.17, 15) is 9.59 Å². The number of carbonyl (C=O) groups is 2. The van der Waals surface area contributed by atoms with Crippen LogP contribution in [0.25, 0.3) is 0 Å². The fourth-order valence-electron chi connectivity index (χ4n) is 3.39. The van der Waals surface area contributed by atoms with Gasteiger partial charge in [0.15, 0.2) is 0 Å². The molecule has 2 amide bonds. The summed E-state index contributed by atoms with van der Waals surface area (Å²) >= 11 is 0. The molecule has 2 rings (SSSR count). The van der Waals surface area contributed by atoms with Gasteiger partial charge in [-0.3, -0.25) is 9.59 Å². The molecule has 0 aliphatic heterocycles. The van der Waals surface area contributed by atoms with E-state index in [0.717, 1.165) is 24.1 Å². The van der Waals surface area contributed by atoms with Crippen molar-refractivity contribution in [2.75, 3.05) is 32.8 Å². The molecule has 6 nitrogen and oxygen atoms in total. The summed E-state index contributed by atoms with van der Waals surface area (Å²) in [6.45, 7) is 9.08. The Morgan fingerprint density at radius 2 is 1.71 bits per heavy atom. The number of aromatic nitrogens is 1. The molecule has 0 aliphatic rings. The number of aryl methyl sites for hydroxylation is 2. The summed E-state index contributed by atoms with van der Waals surface area (Å²) in [6, 6.07) is 11.5. The lowest BCUT2D eigenvalue weighted by Gasteiger charge is -2.28. The Labute approximate surface area is 186 Å². The van der Waals surface area contributed by atoms with Crippen molar-refractivity contribution in [1.82, 2.24) is 14.4 Å². The third-order valence-corrected chi connectivity index (χ3v) is 5.37. The van der Waals surface area contributed by atoms with Gasteiger partial charge in [0.25, 0.3) is 5.91 Å². The molecular weight excluding hydrogens is 390 g/mol. The van der Waals surface area contributed by atoms with Gasteiger partial charge in [0, 0.05) is 50.8 Å². The Hall–Kier alpha value is -2.60. The minimum Gasteiger partial charge on any atom is -0.382 e. The number of nitrogens with zero attached hydrogens (tertiary/aromatic N) is 3. The summed E-state index contributed by atoms with van der Waals surface area (Å²) in [4.78, 5) is 30.0. The number of benzene rings is 1. The fourth-order valence-corrected chi connectivity index (χ4v) is 3.39. The Kier molecular flexibility index (Phi) is 10.3.